The van der Waals surface area contributed by atoms with E-state index in [0.29, 0.717) is 59.3 Å². The van der Waals surface area contributed by atoms with E-state index in [0.717, 1.165) is 68.8 Å². The lowest BCUT2D eigenvalue weighted by Gasteiger charge is -2.59. The number of nitrogens with zero attached hydrogens (tertiary/aromatic N) is 2. The molecule has 0 aromatic heterocycles. The lowest BCUT2D eigenvalue weighted by Crippen LogP contribution is -2.70. The number of rotatable bonds is 31. The Morgan fingerprint density at radius 2 is 1.57 bits per heavy atom. The molecular formula is C57H77FN2O10. The van der Waals surface area contributed by atoms with Crippen molar-refractivity contribution in [3.8, 4) is 23.0 Å². The van der Waals surface area contributed by atoms with E-state index >= 15 is 0 Å². The van der Waals surface area contributed by atoms with Crippen LogP contribution in [-0.2, 0) is 20.9 Å². The number of aliphatic hydroxyl groups excluding tert-OH is 2. The van der Waals surface area contributed by atoms with Gasteiger partial charge >= 0.3 is 6.09 Å². The second kappa shape index (κ2) is 28.0. The highest BCUT2D eigenvalue weighted by Crippen LogP contribution is 2.62. The molecule has 0 saturated heterocycles. The van der Waals surface area contributed by atoms with E-state index < -0.39 is 23.8 Å². The number of benzene rings is 3. The molecule has 1 heterocycles. The van der Waals surface area contributed by atoms with Crippen molar-refractivity contribution in [3.05, 3.63) is 107 Å². The zero-order chi connectivity index (χ0) is 49.7. The number of hydrogen-bond acceptors (Lipinski definition) is 11. The van der Waals surface area contributed by atoms with Gasteiger partial charge < -0.3 is 38.7 Å². The number of carbonyl (C=O) groups is 2. The van der Waals surface area contributed by atoms with E-state index in [1.807, 2.05) is 25.1 Å². The van der Waals surface area contributed by atoms with Gasteiger partial charge in [-0.05, 0) is 111 Å². The monoisotopic (exact) mass is 969 g/mol. The predicted molar refractivity (Wildman–Crippen MR) is 270 cm³/mol. The summed E-state index contributed by atoms with van der Waals surface area (Å²) in [6.45, 7) is 8.99. The van der Waals surface area contributed by atoms with Gasteiger partial charge in [0.25, 0.3) is 0 Å². The van der Waals surface area contributed by atoms with E-state index in [-0.39, 0.29) is 63.0 Å². The Hall–Kier alpha value is -5.24. The highest BCUT2D eigenvalue weighted by Gasteiger charge is 2.65. The van der Waals surface area contributed by atoms with Crippen molar-refractivity contribution < 1.29 is 52.7 Å². The number of ether oxygens (including phenoxy) is 5. The van der Waals surface area contributed by atoms with Crippen molar-refractivity contribution in [3.63, 3.8) is 0 Å². The van der Waals surface area contributed by atoms with Crippen LogP contribution in [0.4, 0.5) is 9.18 Å². The number of aldehydes is 1. The smallest absolute Gasteiger partial charge is 0.410 e. The Morgan fingerprint density at radius 3 is 2.24 bits per heavy atom. The molecule has 13 heteroatoms. The lowest BCUT2D eigenvalue weighted by atomic mass is 9.55. The van der Waals surface area contributed by atoms with E-state index in [9.17, 15) is 24.2 Å². The average Bonchev–Trinajstić information content (AvgIpc) is 3.37. The normalized spacial score (nSPS) is 21.7. The molecule has 70 heavy (non-hydrogen) atoms. The van der Waals surface area contributed by atoms with Crippen LogP contribution >= 0.6 is 0 Å². The maximum Gasteiger partial charge on any atom is 0.410 e. The van der Waals surface area contributed by atoms with Crippen LogP contribution in [0.3, 0.4) is 0 Å². The van der Waals surface area contributed by atoms with E-state index in [1.165, 1.54) is 57.8 Å². The molecule has 6 rings (SSSR count). The molecule has 1 amide bonds. The summed E-state index contributed by atoms with van der Waals surface area (Å²) in [5.41, 5.74) is 3.48. The largest absolute Gasteiger partial charge is 0.496 e. The molecule has 3 aliphatic rings. The van der Waals surface area contributed by atoms with E-state index in [4.69, 9.17) is 33.7 Å². The van der Waals surface area contributed by atoms with Crippen molar-refractivity contribution in [2.24, 2.45) is 22.9 Å². The maximum atomic E-state index is 14.9. The molecule has 0 spiro atoms. The first-order chi connectivity index (χ1) is 34.2. The lowest BCUT2D eigenvalue weighted by molar-refractivity contribution is -0.256. The number of unbranched alkanes of at least 4 members (excludes halogenated alkanes) is 11. The minimum absolute atomic E-state index is 0.0211. The number of amides is 1. The summed E-state index contributed by atoms with van der Waals surface area (Å²) in [6.07, 6.45) is 20.1. The number of allylic oxidation sites excluding steroid dienone is 1. The molecule has 2 aliphatic carbocycles. The molecule has 6 unspecified atom stereocenters. The van der Waals surface area contributed by atoms with Gasteiger partial charge in [0.2, 0.25) is 5.79 Å². The molecule has 1 fully saturated rings. The maximum absolute atomic E-state index is 14.9. The van der Waals surface area contributed by atoms with Gasteiger partial charge in [-0.3, -0.25) is 9.69 Å². The molecular weight excluding hydrogens is 892 g/mol. The molecule has 1 aliphatic heterocycles. The van der Waals surface area contributed by atoms with Crippen molar-refractivity contribution in [2.45, 2.75) is 147 Å². The number of hydrogen-bond donors (Lipinski definition) is 2. The Kier molecular flexibility index (Phi) is 21.6. The molecule has 12 nitrogen and oxygen atoms in total. The molecule has 382 valence electrons. The zero-order valence-electron chi connectivity index (χ0n) is 41.8. The quantitative estimate of drug-likeness (QED) is 0.0276. The summed E-state index contributed by atoms with van der Waals surface area (Å²) in [7, 11) is 1.51. The summed E-state index contributed by atoms with van der Waals surface area (Å²) in [6, 6.07) is 16.1. The Morgan fingerprint density at radius 1 is 0.886 bits per heavy atom. The number of oxime groups is 1. The van der Waals surface area contributed by atoms with Crippen LogP contribution in [0.2, 0.25) is 0 Å². The Balaban J connectivity index is 1.46. The van der Waals surface area contributed by atoms with Crippen LogP contribution in [0.25, 0.3) is 0 Å². The highest BCUT2D eigenvalue weighted by molar-refractivity contribution is 6.03. The van der Waals surface area contributed by atoms with E-state index in [2.05, 4.69) is 19.6 Å². The van der Waals surface area contributed by atoms with Gasteiger partial charge in [0.05, 0.1) is 37.5 Å². The number of aliphatic hydroxyl groups is 2. The summed E-state index contributed by atoms with van der Waals surface area (Å²) in [5.74, 6) is -0.815. The van der Waals surface area contributed by atoms with Crippen LogP contribution in [0.15, 0.2) is 90.1 Å². The second-order valence-corrected chi connectivity index (χ2v) is 18.9. The van der Waals surface area contributed by atoms with Crippen molar-refractivity contribution in [2.75, 3.05) is 40.1 Å². The predicted octanol–water partition coefficient (Wildman–Crippen LogP) is 12.7. The van der Waals surface area contributed by atoms with Gasteiger partial charge in [-0.15, -0.1) is 6.58 Å². The topological polar surface area (TPSA) is 146 Å². The molecule has 0 bridgehead atoms. The Bertz CT molecular complexity index is 2180. The third kappa shape index (κ3) is 13.8. The van der Waals surface area contributed by atoms with Crippen LogP contribution < -0.4 is 14.2 Å². The van der Waals surface area contributed by atoms with E-state index in [1.54, 1.807) is 41.3 Å². The van der Waals surface area contributed by atoms with Crippen LogP contribution in [0.1, 0.15) is 150 Å². The van der Waals surface area contributed by atoms with Gasteiger partial charge in [-0.25, -0.2) is 9.18 Å². The first kappa shape index (κ1) is 54.1. The zero-order valence-corrected chi connectivity index (χ0v) is 41.8. The molecule has 6 atom stereocenters. The van der Waals surface area contributed by atoms with Crippen molar-refractivity contribution in [1.29, 1.82) is 0 Å². The summed E-state index contributed by atoms with van der Waals surface area (Å²) >= 11 is 0. The molecule has 3 aromatic rings. The number of halogens is 1. The summed E-state index contributed by atoms with van der Waals surface area (Å²) in [4.78, 5) is 34.5. The van der Waals surface area contributed by atoms with Gasteiger partial charge in [0, 0.05) is 37.7 Å². The average molecular weight is 969 g/mol. The number of carbonyl (C=O) groups excluding carboxylic acids is 2. The molecule has 1 saturated carbocycles. The van der Waals surface area contributed by atoms with Crippen LogP contribution in [0.5, 0.6) is 23.0 Å². The Labute approximate surface area is 415 Å². The van der Waals surface area contributed by atoms with Crippen LogP contribution in [0, 0.1) is 23.6 Å². The standard InChI is InChI=1S/C57H77FN2O10/c1-5-8-9-10-11-12-13-14-15-20-34-66-56(64)60(39-41-23-25-44(58)26-24-41)53-38-50(59-68-7-3)48-36-42(21-16-18-31-61)47(22-17-19-32-62)54-49-37-46(69-45-27-29-51(65-4)43(35-45)40-63)28-30-52(49)70-57(53,55(48)54)67-33-6-2/h6,23-30,35-37,40,42,47,53-55,61-62H,2,5,7-22,31-34,38-39H2,1,3-4H3. The summed E-state index contributed by atoms with van der Waals surface area (Å²) in [5, 5.41) is 24.8. The number of methoxy groups -OCH3 is 1. The molecule has 0 radical (unpaired) electrons. The second-order valence-electron chi connectivity index (χ2n) is 18.9. The molecule has 3 aromatic carbocycles. The van der Waals surface area contributed by atoms with Gasteiger partial charge in [-0.1, -0.05) is 107 Å². The van der Waals surface area contributed by atoms with Gasteiger partial charge in [0.15, 0.2) is 6.29 Å². The fourth-order valence-electron chi connectivity index (χ4n) is 10.8. The summed E-state index contributed by atoms with van der Waals surface area (Å²) < 4.78 is 47.0. The first-order valence-electron chi connectivity index (χ1n) is 25.9. The SMILES string of the molecule is C=CCOC12Oc3ccc(Oc4ccc(OC)c(C=O)c4)cc3C3C(CCCCO)C(CCCCO)C=C(C(=NOCC)CC1N(Cc1ccc(F)cc1)C(=O)OCCCCCCCCCCCC)C32. The third-order valence-corrected chi connectivity index (χ3v) is 14.1. The fraction of sp³-hybridized carbons (Fsp3) is 0.561. The van der Waals surface area contributed by atoms with Gasteiger partial charge in [0.1, 0.15) is 41.5 Å². The molecule has 2 N–H and O–H groups in total. The van der Waals surface area contributed by atoms with Gasteiger partial charge in [-0.2, -0.15) is 0 Å². The van der Waals surface area contributed by atoms with Crippen LogP contribution in [-0.4, -0.2) is 85.2 Å². The minimum Gasteiger partial charge on any atom is -0.496 e. The third-order valence-electron chi connectivity index (χ3n) is 14.1. The van der Waals surface area contributed by atoms with Crippen molar-refractivity contribution in [1.82, 2.24) is 4.90 Å². The first-order valence-corrected chi connectivity index (χ1v) is 25.9. The highest BCUT2D eigenvalue weighted by atomic mass is 19.1. The fourth-order valence-corrected chi connectivity index (χ4v) is 10.8. The minimum atomic E-state index is -1.53. The van der Waals surface area contributed by atoms with Crippen molar-refractivity contribution >= 4 is 18.1 Å². The number of fused-ring (bicyclic) bond motifs is 2.